The molecule has 8 nitrogen and oxygen atoms in total. The molecule has 0 saturated carbocycles. The maximum absolute atomic E-state index is 13.5. The quantitative estimate of drug-likeness (QED) is 0.520. The first-order valence-electron chi connectivity index (χ1n) is 10.8. The number of anilines is 1. The molecular formula is C24H27N5O3S. The van der Waals surface area contributed by atoms with Crippen LogP contribution in [0.3, 0.4) is 0 Å². The molecule has 0 N–H and O–H groups in total. The van der Waals surface area contributed by atoms with Gasteiger partial charge < -0.3 is 9.64 Å². The van der Waals surface area contributed by atoms with Gasteiger partial charge in [0.2, 0.25) is 0 Å². The monoisotopic (exact) mass is 465 g/mol. The Balaban J connectivity index is 1.90. The first kappa shape index (κ1) is 22.7. The normalized spacial score (nSPS) is 15.9. The Hall–Kier alpha value is -3.46. The van der Waals surface area contributed by atoms with Crippen LogP contribution < -0.4 is 19.8 Å². The van der Waals surface area contributed by atoms with Crippen LogP contribution in [0.4, 0.5) is 5.69 Å². The minimum atomic E-state index is -0.615. The molecular weight excluding hydrogens is 438 g/mol. The highest BCUT2D eigenvalue weighted by Gasteiger charge is 2.33. The summed E-state index contributed by atoms with van der Waals surface area (Å²) in [5, 5.41) is 4.17. The number of aromatic nitrogens is 3. The molecule has 0 radical (unpaired) electrons. The smallest absolute Gasteiger partial charge is 0.338 e. The Bertz CT molecular complexity index is 1390. The number of thiazole rings is 1. The number of methoxy groups -OCH3 is 1. The van der Waals surface area contributed by atoms with E-state index in [1.165, 1.54) is 18.4 Å². The molecule has 1 atom stereocenters. The van der Waals surface area contributed by atoms with E-state index in [0.29, 0.717) is 20.6 Å². The minimum absolute atomic E-state index is 0.200. The fraction of sp³-hybridized carbons (Fsp3) is 0.333. The number of rotatable bonds is 6. The molecule has 1 aliphatic rings. The zero-order valence-corrected chi connectivity index (χ0v) is 20.2. The maximum Gasteiger partial charge on any atom is 0.338 e. The predicted octanol–water partition coefficient (Wildman–Crippen LogP) is 1.99. The van der Waals surface area contributed by atoms with Crippen molar-refractivity contribution in [2.45, 2.75) is 26.8 Å². The van der Waals surface area contributed by atoms with Crippen molar-refractivity contribution in [1.82, 2.24) is 14.3 Å². The Morgan fingerprint density at radius 2 is 1.94 bits per heavy atom. The first-order chi connectivity index (χ1) is 15.9. The van der Waals surface area contributed by atoms with Crippen molar-refractivity contribution >= 4 is 29.1 Å². The molecule has 0 saturated heterocycles. The molecule has 0 aliphatic carbocycles. The third-order valence-corrected chi connectivity index (χ3v) is 6.77. The molecule has 0 bridgehead atoms. The average Bonchev–Trinajstić information content (AvgIpc) is 3.36. The van der Waals surface area contributed by atoms with Gasteiger partial charge in [0, 0.05) is 37.6 Å². The topological polar surface area (TPSA) is 81.7 Å². The van der Waals surface area contributed by atoms with Gasteiger partial charge in [-0.3, -0.25) is 14.0 Å². The molecule has 1 aromatic carbocycles. The minimum Gasteiger partial charge on any atom is -0.466 e. The molecule has 0 fully saturated rings. The molecule has 0 spiro atoms. The van der Waals surface area contributed by atoms with Gasteiger partial charge in [-0.05, 0) is 44.5 Å². The molecule has 33 heavy (non-hydrogen) atoms. The van der Waals surface area contributed by atoms with E-state index < -0.39 is 12.0 Å². The number of aryl methyl sites for hydroxylation is 1. The van der Waals surface area contributed by atoms with Crippen LogP contribution in [-0.2, 0) is 16.6 Å². The van der Waals surface area contributed by atoms with Gasteiger partial charge in [-0.2, -0.15) is 5.10 Å². The summed E-state index contributed by atoms with van der Waals surface area (Å²) in [6, 6.07) is 7.38. The predicted molar refractivity (Wildman–Crippen MR) is 129 cm³/mol. The number of ether oxygens (including phenoxy) is 1. The third-order valence-electron chi connectivity index (χ3n) is 5.79. The van der Waals surface area contributed by atoms with Gasteiger partial charge in [-0.1, -0.05) is 23.5 Å². The Morgan fingerprint density at radius 3 is 2.52 bits per heavy atom. The first-order valence-corrected chi connectivity index (χ1v) is 11.6. The van der Waals surface area contributed by atoms with Gasteiger partial charge in [0.05, 0.1) is 35.2 Å². The molecule has 4 rings (SSSR count). The molecule has 9 heteroatoms. The van der Waals surface area contributed by atoms with Gasteiger partial charge >= 0.3 is 5.97 Å². The second-order valence-corrected chi connectivity index (χ2v) is 8.79. The van der Waals surface area contributed by atoms with Crippen LogP contribution in [0.25, 0.3) is 6.08 Å². The van der Waals surface area contributed by atoms with E-state index in [0.717, 1.165) is 29.9 Å². The van der Waals surface area contributed by atoms with Crippen LogP contribution in [0.2, 0.25) is 0 Å². The fourth-order valence-corrected chi connectivity index (χ4v) is 5.18. The summed E-state index contributed by atoms with van der Waals surface area (Å²) in [6.07, 6.45) is 5.34. The van der Waals surface area contributed by atoms with Crippen molar-refractivity contribution < 1.29 is 9.53 Å². The highest BCUT2D eigenvalue weighted by atomic mass is 32.1. The van der Waals surface area contributed by atoms with E-state index in [-0.39, 0.29) is 5.56 Å². The zero-order valence-electron chi connectivity index (χ0n) is 19.4. The summed E-state index contributed by atoms with van der Waals surface area (Å²) in [6.45, 7) is 7.79. The summed E-state index contributed by atoms with van der Waals surface area (Å²) in [5.74, 6) is -0.490. The van der Waals surface area contributed by atoms with Crippen LogP contribution in [-0.4, -0.2) is 40.5 Å². The number of nitrogens with zero attached hydrogens (tertiary/aromatic N) is 5. The van der Waals surface area contributed by atoms with Crippen molar-refractivity contribution in [2.75, 3.05) is 25.1 Å². The second kappa shape index (κ2) is 9.19. The Morgan fingerprint density at radius 1 is 1.24 bits per heavy atom. The molecule has 1 unspecified atom stereocenters. The van der Waals surface area contributed by atoms with Crippen LogP contribution in [0.1, 0.15) is 37.9 Å². The van der Waals surface area contributed by atoms with E-state index >= 15 is 0 Å². The van der Waals surface area contributed by atoms with Gasteiger partial charge in [0.15, 0.2) is 4.80 Å². The van der Waals surface area contributed by atoms with E-state index in [4.69, 9.17) is 4.74 Å². The lowest BCUT2D eigenvalue weighted by molar-refractivity contribution is -0.136. The third kappa shape index (κ3) is 4.16. The summed E-state index contributed by atoms with van der Waals surface area (Å²) < 4.78 is 8.88. The highest BCUT2D eigenvalue weighted by Crippen LogP contribution is 2.31. The lowest BCUT2D eigenvalue weighted by Gasteiger charge is -2.26. The number of benzene rings is 1. The average molecular weight is 466 g/mol. The number of fused-ring (bicyclic) bond motifs is 1. The summed E-state index contributed by atoms with van der Waals surface area (Å²) in [4.78, 5) is 33.7. The molecule has 2 aromatic heterocycles. The number of carbonyl (C=O) groups excluding carboxylic acids is 1. The zero-order chi connectivity index (χ0) is 23.7. The van der Waals surface area contributed by atoms with Crippen LogP contribution in [0.5, 0.6) is 0 Å². The summed E-state index contributed by atoms with van der Waals surface area (Å²) in [7, 11) is 3.17. The van der Waals surface area contributed by atoms with Gasteiger partial charge in [0.25, 0.3) is 5.56 Å². The highest BCUT2D eigenvalue weighted by molar-refractivity contribution is 7.07. The van der Waals surface area contributed by atoms with E-state index in [2.05, 4.69) is 28.8 Å². The van der Waals surface area contributed by atoms with Gasteiger partial charge in [0.1, 0.15) is 0 Å². The second-order valence-electron chi connectivity index (χ2n) is 7.78. The Labute approximate surface area is 195 Å². The van der Waals surface area contributed by atoms with E-state index in [1.807, 2.05) is 37.5 Å². The van der Waals surface area contributed by atoms with Gasteiger partial charge in [-0.25, -0.2) is 9.79 Å². The SMILES string of the molecule is CCN(CC)c1ccc(C2C(C(=O)OC)=C(C)N=c3s/c(=C/c4cnn(C)c4)c(=O)n32)cc1. The summed E-state index contributed by atoms with van der Waals surface area (Å²) in [5.41, 5.74) is 3.46. The number of esters is 1. The van der Waals surface area contributed by atoms with Crippen LogP contribution in [0.15, 0.2) is 57.7 Å². The van der Waals surface area contributed by atoms with E-state index in [1.54, 1.807) is 28.4 Å². The molecule has 172 valence electrons. The standard InChI is InChI=1S/C24H27N5O3S/c1-6-28(7-2)18-10-8-17(9-11-18)21-20(23(31)32-5)15(3)26-24-29(21)22(30)19(33-24)12-16-13-25-27(4)14-16/h8-14,21H,6-7H2,1-5H3/b19-12+. The number of hydrogen-bond donors (Lipinski definition) is 0. The van der Waals surface area contributed by atoms with Crippen LogP contribution >= 0.6 is 11.3 Å². The molecule has 0 amide bonds. The molecule has 1 aliphatic heterocycles. The molecule has 3 heterocycles. The summed E-state index contributed by atoms with van der Waals surface area (Å²) >= 11 is 1.30. The van der Waals surface area contributed by atoms with Crippen molar-refractivity contribution in [3.63, 3.8) is 0 Å². The fourth-order valence-electron chi connectivity index (χ4n) is 4.13. The number of hydrogen-bond acceptors (Lipinski definition) is 7. The van der Waals surface area contributed by atoms with Crippen molar-refractivity contribution in [3.05, 3.63) is 78.7 Å². The van der Waals surface area contributed by atoms with Crippen LogP contribution in [0, 0.1) is 0 Å². The lowest BCUT2D eigenvalue weighted by Crippen LogP contribution is -2.39. The van der Waals surface area contributed by atoms with Crippen molar-refractivity contribution in [1.29, 1.82) is 0 Å². The maximum atomic E-state index is 13.5. The lowest BCUT2D eigenvalue weighted by atomic mass is 9.95. The van der Waals surface area contributed by atoms with Crippen molar-refractivity contribution in [3.8, 4) is 0 Å². The molecule has 3 aromatic rings. The Kier molecular flexibility index (Phi) is 6.33. The van der Waals surface area contributed by atoms with Gasteiger partial charge in [-0.15, -0.1) is 0 Å². The van der Waals surface area contributed by atoms with Crippen molar-refractivity contribution in [2.24, 2.45) is 12.0 Å². The van der Waals surface area contributed by atoms with E-state index in [9.17, 15) is 9.59 Å². The number of carbonyl (C=O) groups is 1. The number of allylic oxidation sites excluding steroid dienone is 1. The largest absolute Gasteiger partial charge is 0.466 e.